The van der Waals surface area contributed by atoms with Gasteiger partial charge in [0.1, 0.15) is 5.75 Å². The lowest BCUT2D eigenvalue weighted by atomic mass is 10.1. The molecule has 0 aliphatic carbocycles. The molecule has 0 saturated heterocycles. The monoisotopic (exact) mass is 467 g/mol. The van der Waals surface area contributed by atoms with Crippen molar-refractivity contribution in [2.24, 2.45) is 0 Å². The minimum Gasteiger partial charge on any atom is -0.497 e. The lowest BCUT2D eigenvalue weighted by Crippen LogP contribution is -2.35. The SMILES string of the molecule is COc1ccc(S(=O)(=O)N(Cc2ccccc2)c2ccccc2C(=O)NCCN(C)C)cc1. The number of para-hydroxylation sites is 1. The molecule has 0 heterocycles. The minimum atomic E-state index is -3.98. The molecule has 7 nitrogen and oxygen atoms in total. The Balaban J connectivity index is 2.04. The van der Waals surface area contributed by atoms with Crippen molar-refractivity contribution in [1.82, 2.24) is 10.2 Å². The van der Waals surface area contributed by atoms with Crippen LogP contribution in [0.2, 0.25) is 0 Å². The van der Waals surface area contributed by atoms with Gasteiger partial charge in [0.15, 0.2) is 0 Å². The molecule has 0 fully saturated rings. The third kappa shape index (κ3) is 6.12. The van der Waals surface area contributed by atoms with Crippen molar-refractivity contribution in [1.29, 1.82) is 0 Å². The first kappa shape index (κ1) is 24.3. The second-order valence-corrected chi connectivity index (χ2v) is 9.61. The summed E-state index contributed by atoms with van der Waals surface area (Å²) in [5.41, 5.74) is 1.42. The van der Waals surface area contributed by atoms with Gasteiger partial charge < -0.3 is 15.0 Å². The number of ether oxygens (including phenoxy) is 1. The summed E-state index contributed by atoms with van der Waals surface area (Å²) in [6, 6.07) is 22.3. The van der Waals surface area contributed by atoms with Crippen LogP contribution < -0.4 is 14.4 Å². The summed E-state index contributed by atoms with van der Waals surface area (Å²) in [5, 5.41) is 2.88. The third-order valence-electron chi connectivity index (χ3n) is 5.08. The Labute approximate surface area is 195 Å². The highest BCUT2D eigenvalue weighted by molar-refractivity contribution is 7.92. The van der Waals surface area contributed by atoms with Crippen LogP contribution in [0.4, 0.5) is 5.69 Å². The predicted octanol–water partition coefficient (Wildman–Crippen LogP) is 3.38. The number of carbonyl (C=O) groups excluding carboxylic acids is 1. The molecule has 0 radical (unpaired) electrons. The number of hydrogen-bond donors (Lipinski definition) is 1. The highest BCUT2D eigenvalue weighted by atomic mass is 32.2. The molecule has 3 aromatic rings. The summed E-state index contributed by atoms with van der Waals surface area (Å²) in [6.07, 6.45) is 0. The first-order valence-electron chi connectivity index (χ1n) is 10.6. The van der Waals surface area contributed by atoms with Gasteiger partial charge in [0.2, 0.25) is 0 Å². The molecule has 33 heavy (non-hydrogen) atoms. The average Bonchev–Trinajstić information content (AvgIpc) is 2.83. The second kappa shape index (κ2) is 11.0. The Kier molecular flexibility index (Phi) is 8.08. The zero-order chi connectivity index (χ0) is 23.8. The highest BCUT2D eigenvalue weighted by Gasteiger charge is 2.28. The van der Waals surface area contributed by atoms with Crippen molar-refractivity contribution >= 4 is 21.6 Å². The normalized spacial score (nSPS) is 11.3. The van der Waals surface area contributed by atoms with E-state index >= 15 is 0 Å². The van der Waals surface area contributed by atoms with Gasteiger partial charge in [-0.2, -0.15) is 0 Å². The van der Waals surface area contributed by atoms with Gasteiger partial charge in [0, 0.05) is 13.1 Å². The molecule has 8 heteroatoms. The predicted molar refractivity (Wildman–Crippen MR) is 130 cm³/mol. The number of hydrogen-bond acceptors (Lipinski definition) is 5. The van der Waals surface area contributed by atoms with Gasteiger partial charge in [0.05, 0.1) is 29.8 Å². The van der Waals surface area contributed by atoms with E-state index in [2.05, 4.69) is 5.32 Å². The van der Waals surface area contributed by atoms with Crippen LogP contribution in [-0.2, 0) is 16.6 Å². The fraction of sp³-hybridized carbons (Fsp3) is 0.240. The molecule has 0 aliphatic rings. The molecule has 0 atom stereocenters. The Bertz CT molecular complexity index is 1160. The summed E-state index contributed by atoms with van der Waals surface area (Å²) in [5.74, 6) is 0.236. The first-order valence-corrected chi connectivity index (χ1v) is 12.0. The number of nitrogens with zero attached hydrogens (tertiary/aromatic N) is 2. The van der Waals surface area contributed by atoms with Crippen LogP contribution in [-0.4, -0.2) is 53.5 Å². The summed E-state index contributed by atoms with van der Waals surface area (Å²) in [4.78, 5) is 15.1. The minimum absolute atomic E-state index is 0.0805. The Morgan fingerprint density at radius 2 is 1.55 bits per heavy atom. The van der Waals surface area contributed by atoms with E-state index in [1.54, 1.807) is 36.4 Å². The quantitative estimate of drug-likeness (QED) is 0.495. The number of likely N-dealkylation sites (N-methyl/N-ethyl adjacent to an activating group) is 1. The van der Waals surface area contributed by atoms with E-state index in [-0.39, 0.29) is 17.3 Å². The topological polar surface area (TPSA) is 79.0 Å². The van der Waals surface area contributed by atoms with E-state index in [9.17, 15) is 13.2 Å². The summed E-state index contributed by atoms with van der Waals surface area (Å²) in [6.45, 7) is 1.20. The highest BCUT2D eigenvalue weighted by Crippen LogP contribution is 2.30. The fourth-order valence-corrected chi connectivity index (χ4v) is 4.77. The average molecular weight is 468 g/mol. The van der Waals surface area contributed by atoms with Gasteiger partial charge >= 0.3 is 0 Å². The molecule has 0 bridgehead atoms. The molecule has 1 N–H and O–H groups in total. The van der Waals surface area contributed by atoms with E-state index in [0.717, 1.165) is 5.56 Å². The number of carbonyl (C=O) groups is 1. The number of benzene rings is 3. The number of rotatable bonds is 10. The molecular formula is C25H29N3O4S. The van der Waals surface area contributed by atoms with Crippen molar-refractivity contribution in [3.8, 4) is 5.75 Å². The van der Waals surface area contributed by atoms with Crippen LogP contribution in [0.15, 0.2) is 83.8 Å². The summed E-state index contributed by atoms with van der Waals surface area (Å²) >= 11 is 0. The molecule has 174 valence electrons. The van der Waals surface area contributed by atoms with Crippen molar-refractivity contribution in [2.75, 3.05) is 38.6 Å². The molecule has 3 aromatic carbocycles. The lowest BCUT2D eigenvalue weighted by molar-refractivity contribution is 0.0951. The molecule has 3 rings (SSSR count). The zero-order valence-electron chi connectivity index (χ0n) is 19.1. The molecule has 0 aliphatic heterocycles. The number of sulfonamides is 1. The van der Waals surface area contributed by atoms with Crippen LogP contribution in [0.3, 0.4) is 0 Å². The second-order valence-electron chi connectivity index (χ2n) is 7.75. The van der Waals surface area contributed by atoms with Gasteiger partial charge in [-0.05, 0) is 56.1 Å². The van der Waals surface area contributed by atoms with Gasteiger partial charge in [-0.3, -0.25) is 9.10 Å². The van der Waals surface area contributed by atoms with Crippen LogP contribution in [0.5, 0.6) is 5.75 Å². The maximum atomic E-state index is 13.8. The van der Waals surface area contributed by atoms with E-state index in [4.69, 9.17) is 4.74 Å². The molecule has 0 unspecified atom stereocenters. The molecule has 0 spiro atoms. The summed E-state index contributed by atoms with van der Waals surface area (Å²) < 4.78 is 34.0. The molecular weight excluding hydrogens is 438 g/mol. The molecule has 0 aromatic heterocycles. The Morgan fingerprint density at radius 3 is 2.18 bits per heavy atom. The Morgan fingerprint density at radius 1 is 0.909 bits per heavy atom. The standard InChI is InChI=1S/C25H29N3O4S/c1-27(2)18-17-26-25(29)23-11-7-8-12-24(23)28(19-20-9-5-4-6-10-20)33(30,31)22-15-13-21(32-3)14-16-22/h4-16H,17-19H2,1-3H3,(H,26,29). The lowest BCUT2D eigenvalue weighted by Gasteiger charge is -2.27. The van der Waals surface area contributed by atoms with Crippen molar-refractivity contribution in [2.45, 2.75) is 11.4 Å². The van der Waals surface area contributed by atoms with Gasteiger partial charge in [-0.25, -0.2) is 8.42 Å². The fourth-order valence-electron chi connectivity index (χ4n) is 3.30. The molecule has 1 amide bonds. The van der Waals surface area contributed by atoms with Crippen LogP contribution in [0.1, 0.15) is 15.9 Å². The summed E-state index contributed by atoms with van der Waals surface area (Å²) in [7, 11) is 1.39. The third-order valence-corrected chi connectivity index (χ3v) is 6.85. The van der Waals surface area contributed by atoms with Crippen molar-refractivity contribution < 1.29 is 17.9 Å². The van der Waals surface area contributed by atoms with E-state index in [1.807, 2.05) is 49.3 Å². The number of anilines is 1. The van der Waals surface area contributed by atoms with Gasteiger partial charge in [-0.1, -0.05) is 42.5 Å². The van der Waals surface area contributed by atoms with Crippen molar-refractivity contribution in [3.05, 3.63) is 90.0 Å². The molecule has 0 saturated carbocycles. The number of amides is 1. The maximum absolute atomic E-state index is 13.8. The van der Waals surface area contributed by atoms with Crippen molar-refractivity contribution in [3.63, 3.8) is 0 Å². The van der Waals surface area contributed by atoms with Crippen LogP contribution in [0.25, 0.3) is 0 Å². The van der Waals surface area contributed by atoms with Gasteiger partial charge in [-0.15, -0.1) is 0 Å². The van der Waals surface area contributed by atoms with Gasteiger partial charge in [0.25, 0.3) is 15.9 Å². The van der Waals surface area contributed by atoms with Crippen LogP contribution >= 0.6 is 0 Å². The number of methoxy groups -OCH3 is 1. The maximum Gasteiger partial charge on any atom is 0.264 e. The van der Waals surface area contributed by atoms with E-state index in [0.29, 0.717) is 30.1 Å². The largest absolute Gasteiger partial charge is 0.497 e. The van der Waals surface area contributed by atoms with E-state index in [1.165, 1.54) is 23.5 Å². The van der Waals surface area contributed by atoms with E-state index < -0.39 is 10.0 Å². The Hall–Kier alpha value is -3.36. The first-order chi connectivity index (χ1) is 15.8. The smallest absolute Gasteiger partial charge is 0.264 e. The number of nitrogens with one attached hydrogen (secondary N) is 1. The zero-order valence-corrected chi connectivity index (χ0v) is 19.9. The van der Waals surface area contributed by atoms with Crippen LogP contribution in [0, 0.1) is 0 Å².